The molecule has 0 spiro atoms. The third-order valence-corrected chi connectivity index (χ3v) is 5.73. The first-order chi connectivity index (χ1) is 15.0. The summed E-state index contributed by atoms with van der Waals surface area (Å²) in [4.78, 5) is 9.56. The molecule has 6 nitrogen and oxygen atoms in total. The molecule has 0 saturated heterocycles. The van der Waals surface area contributed by atoms with Gasteiger partial charge in [0.25, 0.3) is 0 Å². The summed E-state index contributed by atoms with van der Waals surface area (Å²) in [6.45, 7) is 2.00. The van der Waals surface area contributed by atoms with E-state index in [1.54, 1.807) is 0 Å². The lowest BCUT2D eigenvalue weighted by molar-refractivity contribution is 0.983. The Kier molecular flexibility index (Phi) is 4.64. The van der Waals surface area contributed by atoms with Gasteiger partial charge in [0.05, 0.1) is 27.9 Å². The summed E-state index contributed by atoms with van der Waals surface area (Å²) in [6, 6.07) is 19.3. The molecule has 0 atom stereocenters. The van der Waals surface area contributed by atoms with Crippen molar-refractivity contribution >= 4 is 51.0 Å². The molecule has 0 radical (unpaired) electrons. The molecule has 0 aliphatic rings. The van der Waals surface area contributed by atoms with E-state index in [0.29, 0.717) is 22.9 Å². The minimum absolute atomic E-state index is 0.592. The Morgan fingerprint density at radius 3 is 2.65 bits per heavy atom. The van der Waals surface area contributed by atoms with Crippen LogP contribution in [0.3, 0.4) is 0 Å². The van der Waals surface area contributed by atoms with Crippen molar-refractivity contribution in [2.24, 2.45) is 0 Å². The molecule has 0 aliphatic carbocycles. The maximum atomic E-state index is 6.46. The summed E-state index contributed by atoms with van der Waals surface area (Å²) in [6.07, 6.45) is 2.42. The van der Waals surface area contributed by atoms with Crippen LogP contribution < -0.4 is 16.8 Å². The molecule has 5 rings (SSSR count). The molecule has 31 heavy (non-hydrogen) atoms. The lowest BCUT2D eigenvalue weighted by Crippen LogP contribution is -2.05. The lowest BCUT2D eigenvalue weighted by atomic mass is 10.1. The van der Waals surface area contributed by atoms with E-state index in [1.165, 1.54) is 0 Å². The highest BCUT2D eigenvalue weighted by Gasteiger charge is 2.16. The Morgan fingerprint density at radius 1 is 1.00 bits per heavy atom. The molecule has 0 saturated carbocycles. The zero-order valence-corrected chi connectivity index (χ0v) is 17.7. The largest absolute Gasteiger partial charge is 0.399 e. The Bertz CT molecular complexity index is 1420. The van der Waals surface area contributed by atoms with E-state index < -0.39 is 0 Å². The monoisotopic (exact) mass is 428 g/mol. The van der Waals surface area contributed by atoms with E-state index in [0.717, 1.165) is 44.9 Å². The van der Waals surface area contributed by atoms with Crippen molar-refractivity contribution in [1.82, 2.24) is 14.4 Å². The number of halogens is 1. The quantitative estimate of drug-likeness (QED) is 0.336. The number of nitrogens with one attached hydrogen (secondary N) is 1. The fourth-order valence-electron chi connectivity index (χ4n) is 3.81. The summed E-state index contributed by atoms with van der Waals surface area (Å²) in [5.41, 5.74) is 19.0. The second-order valence-electron chi connectivity index (χ2n) is 7.54. The lowest BCUT2D eigenvalue weighted by Gasteiger charge is -2.14. The number of hydrogen-bond donors (Lipinski definition) is 3. The fraction of sp³-hybridized carbons (Fsp3) is 0.0833. The number of nitrogens with zero attached hydrogens (tertiary/aromatic N) is 3. The van der Waals surface area contributed by atoms with Crippen LogP contribution in [0.1, 0.15) is 17.0 Å². The number of fused-ring (bicyclic) bond motifs is 3. The van der Waals surface area contributed by atoms with E-state index in [-0.39, 0.29) is 0 Å². The number of hydrogen-bond acceptors (Lipinski definition) is 5. The minimum atomic E-state index is 0.592. The van der Waals surface area contributed by atoms with Gasteiger partial charge in [0.2, 0.25) is 0 Å². The van der Waals surface area contributed by atoms with Gasteiger partial charge in [-0.3, -0.25) is 4.40 Å². The van der Waals surface area contributed by atoms with Crippen LogP contribution in [0.15, 0.2) is 66.9 Å². The maximum absolute atomic E-state index is 6.46. The van der Waals surface area contributed by atoms with E-state index >= 15 is 0 Å². The van der Waals surface area contributed by atoms with Gasteiger partial charge >= 0.3 is 0 Å². The van der Waals surface area contributed by atoms with Crippen LogP contribution in [-0.2, 0) is 6.42 Å². The van der Waals surface area contributed by atoms with Crippen LogP contribution in [0.4, 0.5) is 22.9 Å². The second kappa shape index (κ2) is 7.49. The first kappa shape index (κ1) is 19.2. The van der Waals surface area contributed by atoms with E-state index in [2.05, 4.69) is 9.72 Å². The summed E-state index contributed by atoms with van der Waals surface area (Å²) in [7, 11) is 0. The van der Waals surface area contributed by atoms with Gasteiger partial charge in [-0.25, -0.2) is 9.97 Å². The fourth-order valence-corrected chi connectivity index (χ4v) is 4.08. The number of nitrogens with two attached hydrogens (primary N) is 2. The average Bonchev–Trinajstić information content (AvgIpc) is 3.16. The molecule has 7 heteroatoms. The van der Waals surface area contributed by atoms with Crippen molar-refractivity contribution < 1.29 is 0 Å². The number of benzene rings is 3. The normalized spacial score (nSPS) is 11.3. The summed E-state index contributed by atoms with van der Waals surface area (Å²) >= 11 is 6.46. The maximum Gasteiger partial charge on any atom is 0.157 e. The van der Waals surface area contributed by atoms with Gasteiger partial charge in [-0.1, -0.05) is 41.9 Å². The second-order valence-corrected chi connectivity index (χ2v) is 7.94. The van der Waals surface area contributed by atoms with E-state index in [1.807, 2.05) is 73.8 Å². The van der Waals surface area contributed by atoms with Crippen LogP contribution >= 0.6 is 11.6 Å². The van der Waals surface area contributed by atoms with Crippen LogP contribution in [-0.4, -0.2) is 14.4 Å². The molecule has 0 aliphatic heterocycles. The average molecular weight is 429 g/mol. The molecular weight excluding hydrogens is 408 g/mol. The van der Waals surface area contributed by atoms with Gasteiger partial charge in [0.1, 0.15) is 11.3 Å². The van der Waals surface area contributed by atoms with Gasteiger partial charge < -0.3 is 16.8 Å². The summed E-state index contributed by atoms with van der Waals surface area (Å²) < 4.78 is 2.10. The number of para-hydroxylation sites is 2. The highest BCUT2D eigenvalue weighted by molar-refractivity contribution is 6.33. The number of aromatic nitrogens is 3. The predicted octanol–water partition coefficient (Wildman–Crippen LogP) is 5.34. The zero-order valence-electron chi connectivity index (χ0n) is 16.9. The Balaban J connectivity index is 1.73. The van der Waals surface area contributed by atoms with Gasteiger partial charge in [-0.05, 0) is 48.4 Å². The Labute approximate surface area is 184 Å². The van der Waals surface area contributed by atoms with E-state index in [4.69, 9.17) is 33.0 Å². The van der Waals surface area contributed by atoms with Gasteiger partial charge in [0.15, 0.2) is 5.82 Å². The van der Waals surface area contributed by atoms with Crippen LogP contribution in [0.2, 0.25) is 5.02 Å². The molecule has 3 aromatic carbocycles. The zero-order chi connectivity index (χ0) is 21.5. The van der Waals surface area contributed by atoms with Gasteiger partial charge in [-0.15, -0.1) is 0 Å². The summed E-state index contributed by atoms with van der Waals surface area (Å²) in [5, 5.41) is 4.04. The van der Waals surface area contributed by atoms with Gasteiger partial charge in [0, 0.05) is 17.8 Å². The molecule has 0 amide bonds. The van der Waals surface area contributed by atoms with Crippen LogP contribution in [0.25, 0.3) is 16.6 Å². The van der Waals surface area contributed by atoms with Crippen molar-refractivity contribution in [3.05, 3.63) is 88.8 Å². The number of nitrogen functional groups attached to an aromatic ring is 2. The first-order valence-corrected chi connectivity index (χ1v) is 10.3. The first-order valence-electron chi connectivity index (χ1n) is 9.92. The number of aryl methyl sites for hydroxylation is 1. The molecule has 5 N–H and O–H groups in total. The smallest absolute Gasteiger partial charge is 0.157 e. The topological polar surface area (TPSA) is 94.3 Å². The SMILES string of the molecule is Cc1cccc(Cl)c1Nc1nc2cc(N)ccc2n2c(Cc3ccccc3N)ncc12. The molecule has 0 fully saturated rings. The molecular formula is C24H21ClN6. The van der Waals surface area contributed by atoms with Gasteiger partial charge in [-0.2, -0.15) is 0 Å². The molecule has 0 bridgehead atoms. The molecule has 154 valence electrons. The number of rotatable bonds is 4. The van der Waals surface area contributed by atoms with Crippen LogP contribution in [0, 0.1) is 6.92 Å². The standard InChI is InChI=1S/C24H21ClN6/c1-14-5-4-7-17(25)23(14)30-24-21-13-28-22(11-15-6-2-3-8-18(15)27)31(21)20-10-9-16(26)12-19(20)29-24/h2-10,12-13H,11,26-27H2,1H3,(H,29,30). The molecule has 2 heterocycles. The highest BCUT2D eigenvalue weighted by Crippen LogP contribution is 2.32. The van der Waals surface area contributed by atoms with Crippen molar-refractivity contribution in [2.45, 2.75) is 13.3 Å². The highest BCUT2D eigenvalue weighted by atomic mass is 35.5. The van der Waals surface area contributed by atoms with Crippen molar-refractivity contribution in [3.63, 3.8) is 0 Å². The third-order valence-electron chi connectivity index (χ3n) is 5.42. The molecule has 2 aromatic heterocycles. The number of imidazole rings is 1. The molecule has 0 unspecified atom stereocenters. The van der Waals surface area contributed by atoms with Crippen LogP contribution in [0.5, 0.6) is 0 Å². The van der Waals surface area contributed by atoms with Crippen molar-refractivity contribution in [3.8, 4) is 0 Å². The van der Waals surface area contributed by atoms with Crippen molar-refractivity contribution in [1.29, 1.82) is 0 Å². The Hall–Kier alpha value is -3.77. The minimum Gasteiger partial charge on any atom is -0.399 e. The number of anilines is 4. The third kappa shape index (κ3) is 3.41. The molecule has 5 aromatic rings. The predicted molar refractivity (Wildman–Crippen MR) is 128 cm³/mol. The van der Waals surface area contributed by atoms with E-state index in [9.17, 15) is 0 Å². The van der Waals surface area contributed by atoms with Crippen molar-refractivity contribution in [2.75, 3.05) is 16.8 Å². The summed E-state index contributed by atoms with van der Waals surface area (Å²) in [5.74, 6) is 1.53. The Morgan fingerprint density at radius 2 is 1.84 bits per heavy atom.